The van der Waals surface area contributed by atoms with Crippen molar-refractivity contribution >= 4 is 17.7 Å². The van der Waals surface area contributed by atoms with Gasteiger partial charge in [0.15, 0.2) is 17.3 Å². The van der Waals surface area contributed by atoms with Gasteiger partial charge in [-0.1, -0.05) is 0 Å². The molecule has 2 aromatic rings. The molecule has 3 heterocycles. The molecule has 220 valence electrons. The van der Waals surface area contributed by atoms with Crippen LogP contribution < -0.4 is 28.8 Å². The summed E-state index contributed by atoms with van der Waals surface area (Å²) in [6, 6.07) is 5.54. The van der Waals surface area contributed by atoms with E-state index in [2.05, 4.69) is 0 Å². The second-order valence-corrected chi connectivity index (χ2v) is 9.36. The van der Waals surface area contributed by atoms with Crippen LogP contribution in [0.3, 0.4) is 0 Å². The van der Waals surface area contributed by atoms with Crippen LogP contribution in [0.4, 0.5) is 0 Å². The highest BCUT2D eigenvalue weighted by Gasteiger charge is 2.46. The zero-order valence-corrected chi connectivity index (χ0v) is 21.4. The number of esters is 1. The van der Waals surface area contributed by atoms with Gasteiger partial charge in [-0.3, -0.25) is 9.59 Å². The van der Waals surface area contributed by atoms with Crippen LogP contribution in [-0.4, -0.2) is 96.0 Å². The Labute approximate surface area is 231 Å². The number of carboxylic acids is 1. The number of hydrogen-bond donors (Lipinski definition) is 4. The highest BCUT2D eigenvalue weighted by molar-refractivity contribution is 6.07. The summed E-state index contributed by atoms with van der Waals surface area (Å²) in [5.41, 5.74) is 0.330. The summed E-state index contributed by atoms with van der Waals surface area (Å²) in [5, 5.41) is 52.1. The second-order valence-electron chi connectivity index (χ2n) is 9.36. The number of rotatable bonds is 8. The first-order chi connectivity index (χ1) is 19.6. The third kappa shape index (κ3) is 5.52. The minimum absolute atomic E-state index is 0.0210. The lowest BCUT2D eigenvalue weighted by Crippen LogP contribution is -2.60. The molecule has 0 unspecified atom stereocenters. The van der Waals surface area contributed by atoms with Gasteiger partial charge < -0.3 is 63.5 Å². The normalized spacial score (nSPS) is 26.5. The molecule has 15 nitrogen and oxygen atoms in total. The van der Waals surface area contributed by atoms with E-state index in [1.54, 1.807) is 12.1 Å². The number of aliphatic hydroxyl groups excluding tert-OH is 3. The average molecular weight is 577 g/mol. The Morgan fingerprint density at radius 3 is 2.44 bits per heavy atom. The van der Waals surface area contributed by atoms with Crippen molar-refractivity contribution < 1.29 is 73.1 Å². The molecule has 0 aliphatic carbocycles. The van der Waals surface area contributed by atoms with Gasteiger partial charge in [0.1, 0.15) is 66.2 Å². The highest BCUT2D eigenvalue weighted by atomic mass is 16.7. The smallest absolute Gasteiger partial charge is 0.311 e. The Kier molecular flexibility index (Phi) is 7.77. The van der Waals surface area contributed by atoms with Crippen molar-refractivity contribution in [2.75, 3.05) is 27.1 Å². The van der Waals surface area contributed by atoms with Gasteiger partial charge >= 0.3 is 5.97 Å². The molecule has 5 rings (SSSR count). The number of aliphatic carboxylic acids is 1. The number of benzene rings is 2. The van der Waals surface area contributed by atoms with Crippen LogP contribution >= 0.6 is 0 Å². The molecule has 41 heavy (non-hydrogen) atoms. The maximum Gasteiger partial charge on any atom is 0.311 e. The molecule has 3 aliphatic rings. The van der Waals surface area contributed by atoms with Gasteiger partial charge in [0.05, 0.1) is 25.4 Å². The standard InChI is InChI=1S/C26H26O15/c1-35-14-5-16-15(38-9-39-16)4-11(14)12-7-36-17-3-10(2-13(27)21(17)22(12)31)40-26-25(34)24(33)23(32)18(41-26)8-37-20(30)6-19(28)29/h2-5,12,18,23-27,32-34H,6-9H2,1H3,(H,28,29)/p-1/t12-,18+,23+,24-,25+,26+/m0/s1. The van der Waals surface area contributed by atoms with E-state index in [1.807, 2.05) is 0 Å². The Balaban J connectivity index is 1.33. The topological polar surface area (TPSA) is 220 Å². The van der Waals surface area contributed by atoms with Crippen LogP contribution in [-0.2, 0) is 19.1 Å². The average Bonchev–Trinajstić information content (AvgIpc) is 3.39. The first-order valence-corrected chi connectivity index (χ1v) is 12.3. The zero-order chi connectivity index (χ0) is 29.4. The predicted molar refractivity (Wildman–Crippen MR) is 128 cm³/mol. The van der Waals surface area contributed by atoms with Crippen LogP contribution in [0.2, 0.25) is 0 Å². The number of ketones is 1. The maximum atomic E-state index is 13.5. The van der Waals surface area contributed by atoms with E-state index in [4.69, 9.17) is 33.2 Å². The van der Waals surface area contributed by atoms with Crippen molar-refractivity contribution in [2.24, 2.45) is 0 Å². The third-order valence-electron chi connectivity index (χ3n) is 6.74. The predicted octanol–water partition coefficient (Wildman–Crippen LogP) is -1.64. The first kappa shape index (κ1) is 28.2. The lowest BCUT2D eigenvalue weighted by molar-refractivity contribution is -0.305. The van der Waals surface area contributed by atoms with Gasteiger partial charge in [-0.05, 0) is 6.07 Å². The molecule has 1 saturated heterocycles. The number of carbonyl (C=O) groups excluding carboxylic acids is 3. The number of carbonyl (C=O) groups is 3. The quantitative estimate of drug-likeness (QED) is 0.204. The van der Waals surface area contributed by atoms with E-state index in [-0.39, 0.29) is 30.5 Å². The molecular weight excluding hydrogens is 552 g/mol. The summed E-state index contributed by atoms with van der Waals surface area (Å²) < 4.78 is 37.7. The van der Waals surface area contributed by atoms with Crippen LogP contribution in [0.25, 0.3) is 0 Å². The molecule has 0 spiro atoms. The van der Waals surface area contributed by atoms with Crippen LogP contribution in [0.1, 0.15) is 28.3 Å². The number of Topliss-reactive ketones (excluding diaryl/α,β-unsaturated/α-hetero) is 1. The molecule has 15 heteroatoms. The van der Waals surface area contributed by atoms with Crippen molar-refractivity contribution in [3.05, 3.63) is 35.4 Å². The molecular formula is C26H25O15-. The van der Waals surface area contributed by atoms with Gasteiger partial charge in [-0.2, -0.15) is 0 Å². The van der Waals surface area contributed by atoms with Crippen molar-refractivity contribution in [1.82, 2.24) is 0 Å². The monoisotopic (exact) mass is 577 g/mol. The van der Waals surface area contributed by atoms with E-state index in [1.165, 1.54) is 13.2 Å². The first-order valence-electron chi connectivity index (χ1n) is 12.3. The van der Waals surface area contributed by atoms with Gasteiger partial charge in [0.25, 0.3) is 0 Å². The molecule has 0 saturated carbocycles. The SMILES string of the molecule is COc1cc2c(cc1[C@@H]1COc3cc(O[C@@H]4O[C@H](COC(=O)CC(=O)[O-])[C@@H](O)[C@H](O)[C@H]4O)cc(O)c3C1=O)OCO2. The number of ether oxygens (including phenoxy) is 7. The number of fused-ring (bicyclic) bond motifs is 2. The van der Waals surface area contributed by atoms with Crippen molar-refractivity contribution in [1.29, 1.82) is 0 Å². The Morgan fingerprint density at radius 2 is 1.73 bits per heavy atom. The maximum absolute atomic E-state index is 13.5. The number of hydrogen-bond acceptors (Lipinski definition) is 15. The van der Waals surface area contributed by atoms with Crippen LogP contribution in [0.15, 0.2) is 24.3 Å². The molecule has 2 aromatic carbocycles. The number of phenolic OH excluding ortho intramolecular Hbond substituents is 1. The molecule has 6 atom stereocenters. The number of carboxylic acid groups (broad SMARTS) is 1. The number of methoxy groups -OCH3 is 1. The van der Waals surface area contributed by atoms with E-state index < -0.39 is 73.1 Å². The minimum atomic E-state index is -1.81. The summed E-state index contributed by atoms with van der Waals surface area (Å²) in [4.78, 5) is 35.5. The molecule has 1 fully saturated rings. The van der Waals surface area contributed by atoms with Crippen molar-refractivity contribution in [3.8, 4) is 34.5 Å². The van der Waals surface area contributed by atoms with Gasteiger partial charge in [0.2, 0.25) is 13.1 Å². The van der Waals surface area contributed by atoms with Crippen molar-refractivity contribution in [3.63, 3.8) is 0 Å². The Hall–Kier alpha value is -4.31. The molecule has 3 aliphatic heterocycles. The third-order valence-corrected chi connectivity index (χ3v) is 6.74. The summed E-state index contributed by atoms with van der Waals surface area (Å²) >= 11 is 0. The molecule has 4 N–H and O–H groups in total. The fraction of sp³-hybridized carbons (Fsp3) is 0.423. The lowest BCUT2D eigenvalue weighted by Gasteiger charge is -2.40. The zero-order valence-electron chi connectivity index (χ0n) is 21.4. The van der Waals surface area contributed by atoms with Crippen molar-refractivity contribution in [2.45, 2.75) is 43.0 Å². The summed E-state index contributed by atoms with van der Waals surface area (Å²) in [6.45, 7) is -0.778. The fourth-order valence-corrected chi connectivity index (χ4v) is 4.68. The minimum Gasteiger partial charge on any atom is -0.550 e. The summed E-state index contributed by atoms with van der Waals surface area (Å²) in [6.07, 6.45) is -9.40. The van der Waals surface area contributed by atoms with Gasteiger partial charge in [-0.15, -0.1) is 0 Å². The van der Waals surface area contributed by atoms with Gasteiger partial charge in [-0.25, -0.2) is 0 Å². The largest absolute Gasteiger partial charge is 0.550 e. The van der Waals surface area contributed by atoms with E-state index in [9.17, 15) is 39.9 Å². The molecule has 0 bridgehead atoms. The fourth-order valence-electron chi connectivity index (χ4n) is 4.68. The van der Waals surface area contributed by atoms with E-state index in [0.29, 0.717) is 22.8 Å². The lowest BCUT2D eigenvalue weighted by atomic mass is 9.87. The number of aliphatic hydroxyl groups is 3. The number of phenols is 1. The van der Waals surface area contributed by atoms with Crippen LogP contribution in [0.5, 0.6) is 34.5 Å². The Morgan fingerprint density at radius 1 is 1.00 bits per heavy atom. The number of aromatic hydroxyl groups is 1. The van der Waals surface area contributed by atoms with E-state index >= 15 is 0 Å². The van der Waals surface area contributed by atoms with Crippen LogP contribution in [0, 0.1) is 0 Å². The molecule has 0 radical (unpaired) electrons. The summed E-state index contributed by atoms with van der Waals surface area (Å²) in [5.74, 6) is -3.59. The second kappa shape index (κ2) is 11.3. The highest BCUT2D eigenvalue weighted by Crippen LogP contribution is 2.46. The van der Waals surface area contributed by atoms with E-state index in [0.717, 1.165) is 6.07 Å². The molecule has 0 aromatic heterocycles. The molecule has 0 amide bonds. The summed E-state index contributed by atoms with van der Waals surface area (Å²) in [7, 11) is 1.43. The Bertz CT molecular complexity index is 1360. The van der Waals surface area contributed by atoms with Gasteiger partial charge in [0, 0.05) is 23.8 Å².